The van der Waals surface area contributed by atoms with E-state index in [9.17, 15) is 4.79 Å². The fourth-order valence-corrected chi connectivity index (χ4v) is 1.76. The van der Waals surface area contributed by atoms with E-state index in [1.807, 2.05) is 13.8 Å². The van der Waals surface area contributed by atoms with Crippen molar-refractivity contribution in [2.45, 2.75) is 40.0 Å². The number of hydrogen-bond donors (Lipinski definition) is 1. The van der Waals surface area contributed by atoms with Gasteiger partial charge >= 0.3 is 0 Å². The normalized spacial score (nSPS) is 18.5. The molecule has 0 aromatic carbocycles. The largest absolute Gasteiger partial charge is 0.369 e. The molecule has 1 amide bonds. The summed E-state index contributed by atoms with van der Waals surface area (Å²) in [6.07, 6.45) is 3.10. The van der Waals surface area contributed by atoms with Crippen molar-refractivity contribution in [3.8, 4) is 0 Å². The van der Waals surface area contributed by atoms with Crippen molar-refractivity contribution in [2.24, 2.45) is 11.7 Å². The number of nitrogens with zero attached hydrogens (tertiary/aromatic N) is 1. The third-order valence-electron chi connectivity index (χ3n) is 2.53. The minimum Gasteiger partial charge on any atom is -0.369 e. The molecule has 84 valence electrons. The van der Waals surface area contributed by atoms with Gasteiger partial charge in [-0.3, -0.25) is 4.79 Å². The Hall–Kier alpha value is -0.570. The predicted molar refractivity (Wildman–Crippen MR) is 60.0 cm³/mol. The molecule has 0 aliphatic carbocycles. The van der Waals surface area contributed by atoms with E-state index >= 15 is 0 Å². The fourth-order valence-electron chi connectivity index (χ4n) is 1.76. The Balaban J connectivity index is 0.000000791. The molecule has 0 radical (unpaired) electrons. The topological polar surface area (TPSA) is 46.3 Å². The standard InChI is InChI=1S/C9H18N2O.C2H6/c1-2-5-11-6-3-8(4-7-11)9(10)12;1-2/h8H,2-7H2,1H3,(H2,10,12);1-2H3. The second-order valence-corrected chi connectivity index (χ2v) is 3.52. The van der Waals surface area contributed by atoms with Gasteiger partial charge in [0.1, 0.15) is 0 Å². The molecule has 1 fully saturated rings. The van der Waals surface area contributed by atoms with Crippen LogP contribution in [-0.4, -0.2) is 30.4 Å². The molecule has 0 unspecified atom stereocenters. The summed E-state index contributed by atoms with van der Waals surface area (Å²) in [6.45, 7) is 9.43. The second kappa shape index (κ2) is 7.80. The first-order valence-electron chi connectivity index (χ1n) is 5.75. The fraction of sp³-hybridized carbons (Fsp3) is 0.909. The minimum absolute atomic E-state index is 0.119. The van der Waals surface area contributed by atoms with E-state index in [0.29, 0.717) is 0 Å². The number of carbonyl (C=O) groups excluding carboxylic acids is 1. The van der Waals surface area contributed by atoms with Gasteiger partial charge in [0.25, 0.3) is 0 Å². The van der Waals surface area contributed by atoms with E-state index in [2.05, 4.69) is 11.8 Å². The van der Waals surface area contributed by atoms with Crippen molar-refractivity contribution >= 4 is 5.91 Å². The van der Waals surface area contributed by atoms with Crippen LogP contribution in [0.4, 0.5) is 0 Å². The molecule has 1 aliphatic rings. The van der Waals surface area contributed by atoms with Crippen LogP contribution in [0.1, 0.15) is 40.0 Å². The number of rotatable bonds is 3. The average Bonchev–Trinajstić information content (AvgIpc) is 2.22. The highest BCUT2D eigenvalue weighted by molar-refractivity contribution is 5.76. The molecule has 0 saturated carbocycles. The number of nitrogens with two attached hydrogens (primary N) is 1. The highest BCUT2D eigenvalue weighted by atomic mass is 16.1. The SMILES string of the molecule is CC.CCCN1CCC(C(N)=O)CC1. The first kappa shape index (κ1) is 13.4. The third-order valence-corrected chi connectivity index (χ3v) is 2.53. The predicted octanol–water partition coefficient (Wildman–Crippen LogP) is 1.62. The van der Waals surface area contributed by atoms with Gasteiger partial charge in [0.05, 0.1) is 0 Å². The van der Waals surface area contributed by atoms with Crippen LogP contribution in [0.5, 0.6) is 0 Å². The van der Waals surface area contributed by atoms with Crippen LogP contribution in [0, 0.1) is 5.92 Å². The Morgan fingerprint density at radius 3 is 2.21 bits per heavy atom. The Kier molecular flexibility index (Phi) is 7.48. The zero-order valence-electron chi connectivity index (χ0n) is 9.75. The number of carbonyl (C=O) groups is 1. The molecule has 0 atom stereocenters. The van der Waals surface area contributed by atoms with Crippen LogP contribution in [0.3, 0.4) is 0 Å². The first-order chi connectivity index (χ1) is 6.74. The van der Waals surface area contributed by atoms with Gasteiger partial charge in [-0.15, -0.1) is 0 Å². The van der Waals surface area contributed by atoms with Crippen LogP contribution in [0.15, 0.2) is 0 Å². The zero-order chi connectivity index (χ0) is 11.0. The molecule has 3 heteroatoms. The van der Waals surface area contributed by atoms with Gasteiger partial charge in [0.2, 0.25) is 5.91 Å². The molecule has 3 nitrogen and oxygen atoms in total. The average molecular weight is 200 g/mol. The molecule has 0 aromatic rings. The summed E-state index contributed by atoms with van der Waals surface area (Å²) in [5.41, 5.74) is 5.23. The van der Waals surface area contributed by atoms with Gasteiger partial charge in [-0.05, 0) is 38.9 Å². The summed E-state index contributed by atoms with van der Waals surface area (Å²) in [7, 11) is 0. The lowest BCUT2D eigenvalue weighted by Crippen LogP contribution is -2.38. The van der Waals surface area contributed by atoms with Crippen molar-refractivity contribution in [2.75, 3.05) is 19.6 Å². The van der Waals surface area contributed by atoms with Crippen LogP contribution >= 0.6 is 0 Å². The number of piperidine rings is 1. The summed E-state index contributed by atoms with van der Waals surface area (Å²) in [5, 5.41) is 0. The molecule has 0 spiro atoms. The van der Waals surface area contributed by atoms with Gasteiger partial charge in [-0.25, -0.2) is 0 Å². The lowest BCUT2D eigenvalue weighted by molar-refractivity contribution is -0.123. The van der Waals surface area contributed by atoms with Crippen LogP contribution in [0.2, 0.25) is 0 Å². The monoisotopic (exact) mass is 200 g/mol. The van der Waals surface area contributed by atoms with Gasteiger partial charge in [-0.2, -0.15) is 0 Å². The van der Waals surface area contributed by atoms with Crippen molar-refractivity contribution in [3.63, 3.8) is 0 Å². The molecular weight excluding hydrogens is 176 g/mol. The molecule has 1 rings (SSSR count). The van der Waals surface area contributed by atoms with Crippen molar-refractivity contribution in [1.29, 1.82) is 0 Å². The minimum atomic E-state index is -0.119. The van der Waals surface area contributed by atoms with E-state index < -0.39 is 0 Å². The summed E-state index contributed by atoms with van der Waals surface area (Å²) < 4.78 is 0. The molecule has 0 bridgehead atoms. The van der Waals surface area contributed by atoms with E-state index in [4.69, 9.17) is 5.73 Å². The zero-order valence-corrected chi connectivity index (χ0v) is 9.75. The molecule has 2 N–H and O–H groups in total. The van der Waals surface area contributed by atoms with E-state index in [0.717, 1.165) is 32.5 Å². The van der Waals surface area contributed by atoms with Crippen LogP contribution < -0.4 is 5.73 Å². The molecule has 14 heavy (non-hydrogen) atoms. The molecule has 1 saturated heterocycles. The first-order valence-corrected chi connectivity index (χ1v) is 5.75. The molecule has 0 aromatic heterocycles. The second-order valence-electron chi connectivity index (χ2n) is 3.52. The Morgan fingerprint density at radius 1 is 1.36 bits per heavy atom. The molecule has 1 aliphatic heterocycles. The number of amides is 1. The molecular formula is C11H24N2O. The van der Waals surface area contributed by atoms with Gasteiger partial charge in [-0.1, -0.05) is 20.8 Å². The van der Waals surface area contributed by atoms with E-state index in [1.54, 1.807) is 0 Å². The smallest absolute Gasteiger partial charge is 0.220 e. The van der Waals surface area contributed by atoms with Gasteiger partial charge in [0.15, 0.2) is 0 Å². The highest BCUT2D eigenvalue weighted by Crippen LogP contribution is 2.16. The summed E-state index contributed by atoms with van der Waals surface area (Å²) >= 11 is 0. The summed E-state index contributed by atoms with van der Waals surface area (Å²) in [6, 6.07) is 0. The van der Waals surface area contributed by atoms with E-state index in [-0.39, 0.29) is 11.8 Å². The number of hydrogen-bond acceptors (Lipinski definition) is 2. The lowest BCUT2D eigenvalue weighted by atomic mass is 9.96. The molecule has 1 heterocycles. The van der Waals surface area contributed by atoms with Crippen molar-refractivity contribution in [1.82, 2.24) is 4.90 Å². The Labute approximate surface area is 87.6 Å². The van der Waals surface area contributed by atoms with Gasteiger partial charge in [0, 0.05) is 5.92 Å². The summed E-state index contributed by atoms with van der Waals surface area (Å²) in [4.78, 5) is 13.2. The Bertz CT molecular complexity index is 151. The highest BCUT2D eigenvalue weighted by Gasteiger charge is 2.21. The quantitative estimate of drug-likeness (QED) is 0.752. The third kappa shape index (κ3) is 4.61. The van der Waals surface area contributed by atoms with E-state index in [1.165, 1.54) is 6.42 Å². The maximum Gasteiger partial charge on any atom is 0.220 e. The summed E-state index contributed by atoms with van der Waals surface area (Å²) in [5.74, 6) is 0.0178. The van der Waals surface area contributed by atoms with Gasteiger partial charge < -0.3 is 10.6 Å². The lowest BCUT2D eigenvalue weighted by Gasteiger charge is -2.29. The van der Waals surface area contributed by atoms with Crippen molar-refractivity contribution in [3.05, 3.63) is 0 Å². The Morgan fingerprint density at radius 2 is 1.86 bits per heavy atom. The number of primary amides is 1. The number of likely N-dealkylation sites (tertiary alicyclic amines) is 1. The maximum atomic E-state index is 10.8. The van der Waals surface area contributed by atoms with Crippen LogP contribution in [-0.2, 0) is 4.79 Å². The van der Waals surface area contributed by atoms with Crippen LogP contribution in [0.25, 0.3) is 0 Å². The maximum absolute atomic E-state index is 10.8. The van der Waals surface area contributed by atoms with Crippen molar-refractivity contribution < 1.29 is 4.79 Å².